The minimum atomic E-state index is -1.25. The number of carbonyl (C=O) groups excluding carboxylic acids is 2. The van der Waals surface area contributed by atoms with Gasteiger partial charge in [-0.25, -0.2) is 4.79 Å². The summed E-state index contributed by atoms with van der Waals surface area (Å²) < 4.78 is 21.5. The zero-order valence-corrected chi connectivity index (χ0v) is 24.3. The number of carbonyl (C=O) groups is 2. The smallest absolute Gasteiger partial charge is 0.354 e. The summed E-state index contributed by atoms with van der Waals surface area (Å²) in [7, 11) is 4.44. The van der Waals surface area contributed by atoms with Crippen LogP contribution in [0.15, 0.2) is 54.4 Å². The molecule has 0 radical (unpaired) electrons. The van der Waals surface area contributed by atoms with E-state index in [4.69, 9.17) is 30.5 Å². The predicted octanol–water partition coefficient (Wildman–Crippen LogP) is 4.43. The van der Waals surface area contributed by atoms with Crippen molar-refractivity contribution in [2.75, 3.05) is 39.9 Å². The van der Waals surface area contributed by atoms with Crippen LogP contribution in [0.5, 0.6) is 5.75 Å². The van der Waals surface area contributed by atoms with Gasteiger partial charge in [-0.2, -0.15) is 5.26 Å². The number of ether oxygens (including phenoxy) is 4. The molecule has 0 saturated carbocycles. The number of aliphatic hydroxyl groups is 1. The molecule has 2 unspecified atom stereocenters. The van der Waals surface area contributed by atoms with Crippen molar-refractivity contribution < 1.29 is 33.6 Å². The second-order valence-corrected chi connectivity index (χ2v) is 9.71. The number of aromatic amines is 1. The molecule has 42 heavy (non-hydrogen) atoms. The standard InChI is InChI=1S/C30H31ClN4O7/c1-5-42-30(38)24-10-18-11-26(40-3)23(14-22(18)33-24)34-29(37)25(8-9-39-2)35-16-27(41-4)21(13-28(35)36)20-12-19(31)7-6-17(20)15-32/h6-7,10-14,16,25,28,33,36H,5,8-9H2,1-4H3,(H,34,37). The normalized spacial score (nSPS) is 15.4. The maximum Gasteiger partial charge on any atom is 0.354 e. The minimum Gasteiger partial charge on any atom is -0.495 e. The highest BCUT2D eigenvalue weighted by atomic mass is 35.5. The monoisotopic (exact) mass is 594 g/mol. The van der Waals surface area contributed by atoms with Gasteiger partial charge in [0.25, 0.3) is 0 Å². The number of benzene rings is 2. The summed E-state index contributed by atoms with van der Waals surface area (Å²) in [5.74, 6) is -0.254. The van der Waals surface area contributed by atoms with E-state index in [2.05, 4.69) is 16.4 Å². The Bertz CT molecular complexity index is 1590. The van der Waals surface area contributed by atoms with E-state index in [0.717, 1.165) is 0 Å². The number of anilines is 1. The fourth-order valence-electron chi connectivity index (χ4n) is 4.70. The van der Waals surface area contributed by atoms with Crippen molar-refractivity contribution in [3.8, 4) is 11.8 Å². The molecular weight excluding hydrogens is 564 g/mol. The molecule has 2 aromatic carbocycles. The number of hydrogen-bond donors (Lipinski definition) is 3. The number of esters is 1. The molecule has 0 bridgehead atoms. The summed E-state index contributed by atoms with van der Waals surface area (Å²) in [6.07, 6.45) is 1.99. The van der Waals surface area contributed by atoms with Crippen LogP contribution in [0.2, 0.25) is 5.02 Å². The zero-order valence-electron chi connectivity index (χ0n) is 23.6. The number of amides is 1. The van der Waals surface area contributed by atoms with E-state index in [1.807, 2.05) is 0 Å². The van der Waals surface area contributed by atoms with Crippen LogP contribution >= 0.6 is 11.6 Å². The van der Waals surface area contributed by atoms with Crippen molar-refractivity contribution in [3.05, 3.63) is 76.3 Å². The van der Waals surface area contributed by atoms with Gasteiger partial charge in [-0.05, 0) is 49.4 Å². The first-order valence-corrected chi connectivity index (χ1v) is 13.4. The van der Waals surface area contributed by atoms with Crippen LogP contribution in [0.3, 0.4) is 0 Å². The summed E-state index contributed by atoms with van der Waals surface area (Å²) >= 11 is 6.20. The van der Waals surface area contributed by atoms with Crippen LogP contribution in [0, 0.1) is 11.3 Å². The third kappa shape index (κ3) is 6.36. The minimum absolute atomic E-state index is 0.219. The molecule has 1 amide bonds. The number of allylic oxidation sites excluding steroid dienone is 1. The van der Waals surface area contributed by atoms with Gasteiger partial charge < -0.3 is 39.3 Å². The van der Waals surface area contributed by atoms with Crippen molar-refractivity contribution in [2.45, 2.75) is 25.6 Å². The third-order valence-electron chi connectivity index (χ3n) is 6.72. The zero-order chi connectivity index (χ0) is 30.4. The fraction of sp³-hybridized carbons (Fsp3) is 0.300. The van der Waals surface area contributed by atoms with Gasteiger partial charge in [0.2, 0.25) is 5.91 Å². The van der Waals surface area contributed by atoms with Crippen molar-refractivity contribution in [1.29, 1.82) is 5.26 Å². The molecule has 3 N–H and O–H groups in total. The summed E-state index contributed by atoms with van der Waals surface area (Å²) in [6.45, 7) is 2.17. The molecule has 3 aromatic rings. The Hall–Kier alpha value is -4.50. The fourth-order valence-corrected chi connectivity index (χ4v) is 4.87. The van der Waals surface area contributed by atoms with Crippen LogP contribution in [-0.2, 0) is 19.0 Å². The van der Waals surface area contributed by atoms with Crippen molar-refractivity contribution in [2.24, 2.45) is 0 Å². The highest BCUT2D eigenvalue weighted by Crippen LogP contribution is 2.35. The van der Waals surface area contributed by atoms with Crippen LogP contribution in [0.25, 0.3) is 16.5 Å². The van der Waals surface area contributed by atoms with Gasteiger partial charge in [0, 0.05) is 53.4 Å². The first-order valence-electron chi connectivity index (χ1n) is 13.1. The van der Waals surface area contributed by atoms with E-state index in [1.54, 1.807) is 43.3 Å². The molecule has 2 atom stereocenters. The third-order valence-corrected chi connectivity index (χ3v) is 6.95. The Kier molecular flexibility index (Phi) is 9.75. The number of nitriles is 1. The average Bonchev–Trinajstić information content (AvgIpc) is 3.40. The van der Waals surface area contributed by atoms with Gasteiger partial charge in [0.1, 0.15) is 29.5 Å². The number of aromatic nitrogens is 1. The second-order valence-electron chi connectivity index (χ2n) is 9.27. The lowest BCUT2D eigenvalue weighted by atomic mass is 9.96. The number of aliphatic hydroxyl groups excluding tert-OH is 1. The molecule has 0 fully saturated rings. The number of halogens is 1. The Morgan fingerprint density at radius 2 is 1.98 bits per heavy atom. The Labute approximate surface area is 247 Å². The van der Waals surface area contributed by atoms with E-state index in [0.29, 0.717) is 49.8 Å². The Morgan fingerprint density at radius 3 is 2.64 bits per heavy atom. The first-order chi connectivity index (χ1) is 20.2. The number of rotatable bonds is 11. The summed E-state index contributed by atoms with van der Waals surface area (Å²) in [4.78, 5) is 30.4. The molecule has 2 heterocycles. The van der Waals surface area contributed by atoms with E-state index in [9.17, 15) is 20.0 Å². The number of hydrogen-bond acceptors (Lipinski definition) is 9. The van der Waals surface area contributed by atoms with Crippen molar-refractivity contribution in [3.63, 3.8) is 0 Å². The molecule has 0 aliphatic carbocycles. The molecule has 0 saturated heterocycles. The molecule has 1 aromatic heterocycles. The summed E-state index contributed by atoms with van der Waals surface area (Å²) in [6, 6.07) is 11.0. The lowest BCUT2D eigenvalue weighted by Gasteiger charge is -2.36. The molecular formula is C30H31ClN4O7. The number of methoxy groups -OCH3 is 3. The number of nitrogens with zero attached hydrogens (tertiary/aromatic N) is 2. The summed E-state index contributed by atoms with van der Waals surface area (Å²) in [5.41, 5.74) is 2.51. The van der Waals surface area contributed by atoms with Gasteiger partial charge >= 0.3 is 5.97 Å². The maximum absolute atomic E-state index is 13.7. The van der Waals surface area contributed by atoms with Crippen molar-refractivity contribution in [1.82, 2.24) is 9.88 Å². The van der Waals surface area contributed by atoms with Gasteiger partial charge in [0.05, 0.1) is 38.1 Å². The lowest BCUT2D eigenvalue weighted by molar-refractivity contribution is -0.123. The van der Waals surface area contributed by atoms with E-state index in [-0.39, 0.29) is 25.3 Å². The predicted molar refractivity (Wildman–Crippen MR) is 157 cm³/mol. The van der Waals surface area contributed by atoms with Gasteiger partial charge in [-0.15, -0.1) is 0 Å². The quantitative estimate of drug-likeness (QED) is 0.274. The van der Waals surface area contributed by atoms with E-state index >= 15 is 0 Å². The SMILES string of the molecule is CCOC(=O)c1cc2cc(OC)c(NC(=O)C(CCOC)N3C=C(OC)C(c4cc(Cl)ccc4C#N)=CC3O)cc2[nH]1. The summed E-state index contributed by atoms with van der Waals surface area (Å²) in [5, 5.41) is 24.8. The van der Waals surface area contributed by atoms with Crippen LogP contribution < -0.4 is 10.1 Å². The molecule has 12 heteroatoms. The van der Waals surface area contributed by atoms with Crippen LogP contribution in [0.4, 0.5) is 5.69 Å². The number of nitrogens with one attached hydrogen (secondary N) is 2. The van der Waals surface area contributed by atoms with Crippen LogP contribution in [-0.4, -0.2) is 73.7 Å². The van der Waals surface area contributed by atoms with Crippen molar-refractivity contribution >= 4 is 45.6 Å². The largest absolute Gasteiger partial charge is 0.495 e. The number of fused-ring (bicyclic) bond motifs is 1. The lowest BCUT2D eigenvalue weighted by Crippen LogP contribution is -2.47. The second kappa shape index (κ2) is 13.4. The van der Waals surface area contributed by atoms with Crippen LogP contribution in [0.1, 0.15) is 35.0 Å². The van der Waals surface area contributed by atoms with Gasteiger partial charge in [-0.1, -0.05) is 11.6 Å². The molecule has 1 aliphatic rings. The first kappa shape index (κ1) is 30.5. The van der Waals surface area contributed by atoms with Gasteiger partial charge in [-0.3, -0.25) is 4.79 Å². The average molecular weight is 595 g/mol. The highest BCUT2D eigenvalue weighted by Gasteiger charge is 2.33. The Balaban J connectivity index is 1.67. The molecule has 0 spiro atoms. The molecule has 11 nitrogen and oxygen atoms in total. The number of H-pyrrole nitrogens is 1. The van der Waals surface area contributed by atoms with E-state index in [1.165, 1.54) is 38.5 Å². The highest BCUT2D eigenvalue weighted by molar-refractivity contribution is 6.30. The molecule has 220 valence electrons. The Morgan fingerprint density at radius 1 is 1.19 bits per heavy atom. The molecule has 1 aliphatic heterocycles. The van der Waals surface area contributed by atoms with Gasteiger partial charge in [0.15, 0.2) is 0 Å². The maximum atomic E-state index is 13.7. The topological polar surface area (TPSA) is 146 Å². The molecule has 4 rings (SSSR count). The van der Waals surface area contributed by atoms with E-state index < -0.39 is 24.1 Å².